The molecular weight excluding hydrogens is 283 g/mol. The largest absolute Gasteiger partial charge is 0.493 e. The van der Waals surface area contributed by atoms with Crippen LogP contribution in [0.15, 0.2) is 18.2 Å². The Hall–Kier alpha value is -0.410. The van der Waals surface area contributed by atoms with Crippen molar-refractivity contribution in [3.63, 3.8) is 0 Å². The first-order chi connectivity index (χ1) is 9.15. The van der Waals surface area contributed by atoms with Crippen LogP contribution >= 0.6 is 24.2 Å². The molecule has 1 aliphatic rings. The SMILES string of the molecule is Fc1cc(OCC2(CS)CCCCCC2)ccc1Cl. The molecule has 2 rings (SSSR count). The van der Waals surface area contributed by atoms with Gasteiger partial charge in [-0.05, 0) is 30.7 Å². The molecule has 0 unspecified atom stereocenters. The first-order valence-electron chi connectivity index (χ1n) is 6.84. The smallest absolute Gasteiger partial charge is 0.145 e. The van der Waals surface area contributed by atoms with Gasteiger partial charge in [0.25, 0.3) is 0 Å². The van der Waals surface area contributed by atoms with Crippen molar-refractivity contribution in [1.82, 2.24) is 0 Å². The van der Waals surface area contributed by atoms with Gasteiger partial charge in [-0.15, -0.1) is 0 Å². The number of hydrogen-bond acceptors (Lipinski definition) is 2. The Kier molecular flexibility index (Phi) is 5.40. The number of ether oxygens (including phenoxy) is 1. The van der Waals surface area contributed by atoms with Crippen molar-refractivity contribution in [2.24, 2.45) is 5.41 Å². The van der Waals surface area contributed by atoms with Gasteiger partial charge in [-0.1, -0.05) is 37.3 Å². The second-order valence-corrected chi connectivity index (χ2v) is 6.16. The molecule has 1 nitrogen and oxygen atoms in total. The molecular formula is C15H20ClFOS. The highest BCUT2D eigenvalue weighted by Crippen LogP contribution is 2.36. The minimum Gasteiger partial charge on any atom is -0.493 e. The van der Waals surface area contributed by atoms with Crippen LogP contribution in [-0.2, 0) is 0 Å². The average Bonchev–Trinajstić information content (AvgIpc) is 2.66. The van der Waals surface area contributed by atoms with Crippen molar-refractivity contribution < 1.29 is 9.13 Å². The molecule has 106 valence electrons. The first-order valence-corrected chi connectivity index (χ1v) is 7.85. The highest BCUT2D eigenvalue weighted by atomic mass is 35.5. The Labute approximate surface area is 124 Å². The lowest BCUT2D eigenvalue weighted by molar-refractivity contribution is 0.148. The minimum absolute atomic E-state index is 0.130. The van der Waals surface area contributed by atoms with E-state index in [-0.39, 0.29) is 10.4 Å². The average molecular weight is 303 g/mol. The minimum atomic E-state index is -0.431. The predicted molar refractivity (Wildman–Crippen MR) is 80.9 cm³/mol. The van der Waals surface area contributed by atoms with Crippen LogP contribution in [0, 0.1) is 11.2 Å². The van der Waals surface area contributed by atoms with E-state index in [0.717, 1.165) is 18.6 Å². The van der Waals surface area contributed by atoms with Crippen LogP contribution in [0.25, 0.3) is 0 Å². The molecule has 1 saturated carbocycles. The highest BCUT2D eigenvalue weighted by Gasteiger charge is 2.30. The van der Waals surface area contributed by atoms with Crippen LogP contribution in [-0.4, -0.2) is 12.4 Å². The van der Waals surface area contributed by atoms with Crippen LogP contribution in [0.3, 0.4) is 0 Å². The van der Waals surface area contributed by atoms with Crippen molar-refractivity contribution >= 4 is 24.2 Å². The quantitative estimate of drug-likeness (QED) is 0.599. The molecule has 0 aromatic heterocycles. The van der Waals surface area contributed by atoms with E-state index < -0.39 is 5.82 Å². The van der Waals surface area contributed by atoms with Crippen molar-refractivity contribution in [3.05, 3.63) is 29.0 Å². The summed E-state index contributed by atoms with van der Waals surface area (Å²) in [6.07, 6.45) is 7.35. The van der Waals surface area contributed by atoms with Crippen LogP contribution in [0.4, 0.5) is 4.39 Å². The van der Waals surface area contributed by atoms with Gasteiger partial charge in [0, 0.05) is 11.5 Å². The predicted octanol–water partition coefficient (Wildman–Crippen LogP) is 5.13. The standard InChI is InChI=1S/C15H20ClFOS/c16-13-6-5-12(9-14(13)17)18-10-15(11-19)7-3-1-2-4-8-15/h5-6,9,19H,1-4,7-8,10-11H2. The Morgan fingerprint density at radius 2 is 1.89 bits per heavy atom. The van der Waals surface area contributed by atoms with E-state index >= 15 is 0 Å². The summed E-state index contributed by atoms with van der Waals surface area (Å²) in [7, 11) is 0. The summed E-state index contributed by atoms with van der Waals surface area (Å²) in [6, 6.07) is 4.60. The molecule has 1 aromatic rings. The Balaban J connectivity index is 2.00. The zero-order chi connectivity index (χ0) is 13.7. The fourth-order valence-electron chi connectivity index (χ4n) is 2.63. The summed E-state index contributed by atoms with van der Waals surface area (Å²) in [6.45, 7) is 0.609. The lowest BCUT2D eigenvalue weighted by Gasteiger charge is -2.30. The third kappa shape index (κ3) is 4.03. The summed E-state index contributed by atoms with van der Waals surface area (Å²) in [5.41, 5.74) is 0.135. The topological polar surface area (TPSA) is 9.23 Å². The van der Waals surface area contributed by atoms with E-state index in [2.05, 4.69) is 12.6 Å². The molecule has 0 N–H and O–H groups in total. The molecule has 0 saturated heterocycles. The van der Waals surface area contributed by atoms with Gasteiger partial charge in [0.15, 0.2) is 0 Å². The lowest BCUT2D eigenvalue weighted by Crippen LogP contribution is -2.30. The Bertz CT molecular complexity index is 417. The van der Waals surface area contributed by atoms with Crippen molar-refractivity contribution in [3.8, 4) is 5.75 Å². The fraction of sp³-hybridized carbons (Fsp3) is 0.600. The molecule has 0 heterocycles. The summed E-state index contributed by atoms with van der Waals surface area (Å²) < 4.78 is 19.1. The number of hydrogen-bond donors (Lipinski definition) is 1. The molecule has 0 atom stereocenters. The zero-order valence-electron chi connectivity index (χ0n) is 11.0. The van der Waals surface area contributed by atoms with Crippen LogP contribution in [0.2, 0.25) is 5.02 Å². The monoisotopic (exact) mass is 302 g/mol. The fourth-order valence-corrected chi connectivity index (χ4v) is 3.15. The second kappa shape index (κ2) is 6.85. The van der Waals surface area contributed by atoms with E-state index in [1.54, 1.807) is 6.07 Å². The molecule has 0 aliphatic heterocycles. The number of halogens is 2. The number of rotatable bonds is 4. The van der Waals surface area contributed by atoms with Crippen LogP contribution in [0.5, 0.6) is 5.75 Å². The van der Waals surface area contributed by atoms with E-state index in [1.165, 1.54) is 37.8 Å². The summed E-state index contributed by atoms with van der Waals surface area (Å²) >= 11 is 10.2. The van der Waals surface area contributed by atoms with E-state index in [1.807, 2.05) is 0 Å². The molecule has 0 amide bonds. The molecule has 19 heavy (non-hydrogen) atoms. The molecule has 1 aromatic carbocycles. The van der Waals surface area contributed by atoms with Gasteiger partial charge in [-0.25, -0.2) is 4.39 Å². The van der Waals surface area contributed by atoms with Gasteiger partial charge >= 0.3 is 0 Å². The molecule has 1 fully saturated rings. The molecule has 1 aliphatic carbocycles. The molecule has 0 spiro atoms. The van der Waals surface area contributed by atoms with Gasteiger partial charge in [0.1, 0.15) is 11.6 Å². The van der Waals surface area contributed by atoms with Gasteiger partial charge in [0.05, 0.1) is 11.6 Å². The third-order valence-corrected chi connectivity index (χ3v) is 4.91. The van der Waals surface area contributed by atoms with Gasteiger partial charge in [-0.2, -0.15) is 12.6 Å². The summed E-state index contributed by atoms with van der Waals surface area (Å²) in [5, 5.41) is 0.130. The Morgan fingerprint density at radius 3 is 2.47 bits per heavy atom. The normalized spacial score (nSPS) is 18.9. The van der Waals surface area contributed by atoms with E-state index in [4.69, 9.17) is 16.3 Å². The third-order valence-electron chi connectivity index (χ3n) is 3.94. The summed E-state index contributed by atoms with van der Waals surface area (Å²) in [4.78, 5) is 0. The van der Waals surface area contributed by atoms with Gasteiger partial charge in [-0.3, -0.25) is 0 Å². The molecule has 4 heteroatoms. The molecule has 0 bridgehead atoms. The van der Waals surface area contributed by atoms with Crippen LogP contribution in [0.1, 0.15) is 38.5 Å². The number of thiol groups is 1. The molecule has 0 radical (unpaired) electrons. The number of benzene rings is 1. The van der Waals surface area contributed by atoms with Gasteiger partial charge in [0.2, 0.25) is 0 Å². The maximum Gasteiger partial charge on any atom is 0.145 e. The maximum atomic E-state index is 13.4. The lowest BCUT2D eigenvalue weighted by atomic mass is 9.83. The van der Waals surface area contributed by atoms with E-state index in [0.29, 0.717) is 12.4 Å². The summed E-state index contributed by atoms with van der Waals surface area (Å²) in [5.74, 6) is 0.940. The maximum absolute atomic E-state index is 13.4. The van der Waals surface area contributed by atoms with Crippen molar-refractivity contribution in [1.29, 1.82) is 0 Å². The van der Waals surface area contributed by atoms with Crippen molar-refractivity contribution in [2.75, 3.05) is 12.4 Å². The second-order valence-electron chi connectivity index (χ2n) is 5.44. The van der Waals surface area contributed by atoms with Gasteiger partial charge < -0.3 is 4.74 Å². The Morgan fingerprint density at radius 1 is 1.21 bits per heavy atom. The highest BCUT2D eigenvalue weighted by molar-refractivity contribution is 7.80. The first kappa shape index (κ1) is 15.0. The van der Waals surface area contributed by atoms with Crippen LogP contribution < -0.4 is 4.74 Å². The zero-order valence-corrected chi connectivity index (χ0v) is 12.7. The van der Waals surface area contributed by atoms with E-state index in [9.17, 15) is 4.39 Å². The van der Waals surface area contributed by atoms with Crippen molar-refractivity contribution in [2.45, 2.75) is 38.5 Å².